The number of rotatable bonds is 9. The number of carboxylic acid groups (broad SMARTS) is 2. The van der Waals surface area contributed by atoms with E-state index in [2.05, 4.69) is 9.46 Å². The molecular formula is C20H13ClF3NO8S2. The van der Waals surface area contributed by atoms with Gasteiger partial charge in [-0.25, -0.2) is 18.0 Å². The molecule has 9 nitrogen and oxygen atoms in total. The Labute approximate surface area is 204 Å². The summed E-state index contributed by atoms with van der Waals surface area (Å²) in [5, 5.41) is 18.0. The molecule has 3 N–H and O–H groups in total. The van der Waals surface area contributed by atoms with Gasteiger partial charge < -0.3 is 19.7 Å². The van der Waals surface area contributed by atoms with E-state index in [0.717, 1.165) is 24.3 Å². The molecule has 0 atom stereocenters. The van der Waals surface area contributed by atoms with E-state index in [1.54, 1.807) is 0 Å². The molecule has 0 radical (unpaired) electrons. The van der Waals surface area contributed by atoms with E-state index in [4.69, 9.17) is 21.4 Å². The Balaban J connectivity index is 1.89. The number of nitrogens with one attached hydrogen (secondary N) is 1. The van der Waals surface area contributed by atoms with Gasteiger partial charge in [-0.2, -0.15) is 0 Å². The lowest BCUT2D eigenvalue weighted by atomic mass is 10.1. The van der Waals surface area contributed by atoms with Gasteiger partial charge in [-0.05, 0) is 42.0 Å². The predicted molar refractivity (Wildman–Crippen MR) is 119 cm³/mol. The van der Waals surface area contributed by atoms with Gasteiger partial charge in [-0.3, -0.25) is 4.72 Å². The van der Waals surface area contributed by atoms with Crippen LogP contribution in [-0.4, -0.2) is 43.5 Å². The number of anilines is 1. The van der Waals surface area contributed by atoms with Crippen molar-refractivity contribution in [1.82, 2.24) is 0 Å². The first-order valence-corrected chi connectivity index (χ1v) is 11.8. The summed E-state index contributed by atoms with van der Waals surface area (Å²) in [6.45, 7) is -0.831. The van der Waals surface area contributed by atoms with Gasteiger partial charge in [0.1, 0.15) is 10.8 Å². The maximum Gasteiger partial charge on any atom is 0.573 e. The van der Waals surface area contributed by atoms with Gasteiger partial charge in [0.05, 0.1) is 9.77 Å². The highest BCUT2D eigenvalue weighted by atomic mass is 35.5. The number of ether oxygens (including phenoxy) is 2. The fourth-order valence-electron chi connectivity index (χ4n) is 2.74. The number of carbonyl (C=O) groups is 2. The van der Waals surface area contributed by atoms with Crippen LogP contribution in [0.25, 0.3) is 10.4 Å². The van der Waals surface area contributed by atoms with Crippen LogP contribution >= 0.6 is 22.9 Å². The smallest absolute Gasteiger partial charge is 0.479 e. The maximum absolute atomic E-state index is 12.7. The maximum atomic E-state index is 12.7. The fourth-order valence-corrected chi connectivity index (χ4v) is 5.20. The zero-order valence-corrected chi connectivity index (χ0v) is 19.4. The number of sulfonamides is 1. The number of halogens is 4. The van der Waals surface area contributed by atoms with Gasteiger partial charge in [-0.1, -0.05) is 23.7 Å². The Bertz CT molecular complexity index is 1370. The van der Waals surface area contributed by atoms with Gasteiger partial charge >= 0.3 is 18.3 Å². The Hall–Kier alpha value is -3.49. The molecule has 0 spiro atoms. The Morgan fingerprint density at radius 3 is 2.31 bits per heavy atom. The highest BCUT2D eigenvalue weighted by molar-refractivity contribution is 7.92. The molecule has 0 aliphatic carbocycles. The van der Waals surface area contributed by atoms with Gasteiger partial charge in [0.25, 0.3) is 10.0 Å². The lowest BCUT2D eigenvalue weighted by molar-refractivity contribution is -0.274. The highest BCUT2D eigenvalue weighted by Crippen LogP contribution is 2.46. The van der Waals surface area contributed by atoms with Crippen molar-refractivity contribution in [3.05, 3.63) is 58.4 Å². The second-order valence-electron chi connectivity index (χ2n) is 6.60. The van der Waals surface area contributed by atoms with Crippen LogP contribution in [0.4, 0.5) is 18.9 Å². The first-order valence-electron chi connectivity index (χ1n) is 9.16. The standard InChI is InChI=1S/C20H13ClF3NO8S2/c21-15-16(32-9-14(26)27)18(19(28)29)34-17(15)10-2-1-3-11(8-10)25-35(30,31)13-6-4-12(5-7-13)33-20(22,23)24/h1-8,25H,9H2,(H,26,27)(H,28,29). The van der Waals surface area contributed by atoms with Crippen LogP contribution in [0, 0.1) is 0 Å². The van der Waals surface area contributed by atoms with Crippen LogP contribution in [0.1, 0.15) is 9.67 Å². The van der Waals surface area contributed by atoms with E-state index in [1.807, 2.05) is 0 Å². The van der Waals surface area contributed by atoms with Crippen molar-refractivity contribution in [2.45, 2.75) is 11.3 Å². The van der Waals surface area contributed by atoms with E-state index in [-0.39, 0.29) is 31.1 Å². The highest BCUT2D eigenvalue weighted by Gasteiger charge is 2.31. The van der Waals surface area contributed by atoms with Crippen molar-refractivity contribution >= 4 is 50.6 Å². The van der Waals surface area contributed by atoms with E-state index in [9.17, 15) is 36.3 Å². The second kappa shape index (κ2) is 10.0. The molecule has 0 saturated heterocycles. The summed E-state index contributed by atoms with van der Waals surface area (Å²) in [4.78, 5) is 21.8. The number of benzene rings is 2. The van der Waals surface area contributed by atoms with E-state index < -0.39 is 40.7 Å². The van der Waals surface area contributed by atoms with Crippen molar-refractivity contribution in [1.29, 1.82) is 0 Å². The molecule has 0 aliphatic heterocycles. The van der Waals surface area contributed by atoms with E-state index in [0.29, 0.717) is 16.9 Å². The molecule has 0 fully saturated rings. The first kappa shape index (κ1) is 26.1. The molecule has 0 unspecified atom stereocenters. The predicted octanol–water partition coefficient (Wildman–Crippen LogP) is 4.93. The molecule has 35 heavy (non-hydrogen) atoms. The van der Waals surface area contributed by atoms with Gasteiger partial charge in [0, 0.05) is 5.69 Å². The number of hydrogen-bond donors (Lipinski definition) is 3. The molecule has 3 rings (SSSR count). The minimum atomic E-state index is -4.93. The number of hydrogen-bond acceptors (Lipinski definition) is 7. The molecule has 3 aromatic rings. The Kier molecular flexibility index (Phi) is 7.47. The molecule has 2 aromatic carbocycles. The molecule has 15 heteroatoms. The van der Waals surface area contributed by atoms with Gasteiger partial charge in [0.15, 0.2) is 17.2 Å². The summed E-state index contributed by atoms with van der Waals surface area (Å²) in [5.41, 5.74) is 0.328. The number of aliphatic carboxylic acids is 1. The summed E-state index contributed by atoms with van der Waals surface area (Å²) in [6, 6.07) is 9.20. The molecule has 1 aromatic heterocycles. The van der Waals surface area contributed by atoms with Crippen LogP contribution in [0.3, 0.4) is 0 Å². The second-order valence-corrected chi connectivity index (χ2v) is 9.68. The number of alkyl halides is 3. The van der Waals surface area contributed by atoms with Crippen molar-refractivity contribution in [2.75, 3.05) is 11.3 Å². The molecule has 0 amide bonds. The van der Waals surface area contributed by atoms with Gasteiger partial charge in [-0.15, -0.1) is 24.5 Å². The quantitative estimate of drug-likeness (QED) is 0.340. The van der Waals surface area contributed by atoms with Crippen LogP contribution in [0.15, 0.2) is 53.4 Å². The van der Waals surface area contributed by atoms with Crippen LogP contribution in [0.5, 0.6) is 11.5 Å². The fraction of sp³-hybridized carbons (Fsp3) is 0.100. The summed E-state index contributed by atoms with van der Waals surface area (Å²) >= 11 is 6.93. The average molecular weight is 552 g/mol. The normalized spacial score (nSPS) is 11.7. The van der Waals surface area contributed by atoms with Crippen molar-refractivity contribution in [2.24, 2.45) is 0 Å². The lowest BCUT2D eigenvalue weighted by Gasteiger charge is -2.11. The van der Waals surface area contributed by atoms with Crippen LogP contribution < -0.4 is 14.2 Å². The number of thiophene rings is 1. The number of aromatic carboxylic acids is 1. The zero-order chi connectivity index (χ0) is 26.0. The summed E-state index contributed by atoms with van der Waals surface area (Å²) < 4.78 is 73.2. The Morgan fingerprint density at radius 2 is 1.74 bits per heavy atom. The molecule has 0 bridgehead atoms. The molecule has 0 saturated carbocycles. The van der Waals surface area contributed by atoms with E-state index in [1.165, 1.54) is 24.3 Å². The van der Waals surface area contributed by atoms with Crippen molar-refractivity contribution in [3.63, 3.8) is 0 Å². The van der Waals surface area contributed by atoms with Gasteiger partial charge in [0.2, 0.25) is 0 Å². The van der Waals surface area contributed by atoms with E-state index >= 15 is 0 Å². The van der Waals surface area contributed by atoms with Crippen molar-refractivity contribution < 1.29 is 50.9 Å². The molecule has 0 aliphatic rings. The summed E-state index contributed by atoms with van der Waals surface area (Å²) in [5.74, 6) is -3.69. The molecular weight excluding hydrogens is 539 g/mol. The first-order chi connectivity index (χ1) is 16.3. The van der Waals surface area contributed by atoms with Crippen molar-refractivity contribution in [3.8, 4) is 21.9 Å². The summed E-state index contributed by atoms with van der Waals surface area (Å²) in [6.07, 6.45) is -4.93. The van der Waals surface area contributed by atoms with Crippen LogP contribution in [0.2, 0.25) is 5.02 Å². The topological polar surface area (TPSA) is 139 Å². The third-order valence-electron chi connectivity index (χ3n) is 4.09. The zero-order valence-electron chi connectivity index (χ0n) is 17.0. The third-order valence-corrected chi connectivity index (χ3v) is 7.17. The third kappa shape index (κ3) is 6.55. The number of carboxylic acids is 2. The summed E-state index contributed by atoms with van der Waals surface area (Å²) in [7, 11) is -4.22. The molecule has 1 heterocycles. The van der Waals surface area contributed by atoms with Crippen LogP contribution in [-0.2, 0) is 14.8 Å². The largest absolute Gasteiger partial charge is 0.573 e. The minimum absolute atomic E-state index is 0.0347. The Morgan fingerprint density at radius 1 is 1.09 bits per heavy atom. The lowest BCUT2D eigenvalue weighted by Crippen LogP contribution is -2.17. The monoisotopic (exact) mass is 551 g/mol. The minimum Gasteiger partial charge on any atom is -0.479 e. The average Bonchev–Trinajstić information content (AvgIpc) is 3.08. The molecule has 186 valence electrons. The SMILES string of the molecule is O=C(O)COc1c(C(=O)O)sc(-c2cccc(NS(=O)(=O)c3ccc(OC(F)(F)F)cc3)c2)c1Cl.